The summed E-state index contributed by atoms with van der Waals surface area (Å²) in [6, 6.07) is 8.14. The molecular formula is C21H26N4O2. The van der Waals surface area contributed by atoms with Gasteiger partial charge in [0.15, 0.2) is 5.65 Å². The number of nitrogens with zero attached hydrogens (tertiary/aromatic N) is 3. The summed E-state index contributed by atoms with van der Waals surface area (Å²) in [5, 5.41) is 8.87. The van der Waals surface area contributed by atoms with Gasteiger partial charge in [-0.2, -0.15) is 5.10 Å². The number of aryl methyl sites for hydroxylation is 2. The number of amides is 1. The number of benzene rings is 1. The van der Waals surface area contributed by atoms with Crippen LogP contribution in [0.3, 0.4) is 0 Å². The van der Waals surface area contributed by atoms with Crippen molar-refractivity contribution < 1.29 is 9.53 Å². The minimum Gasteiger partial charge on any atom is -0.375 e. The van der Waals surface area contributed by atoms with E-state index in [4.69, 9.17) is 9.72 Å². The normalized spacial score (nSPS) is 19.5. The highest BCUT2D eigenvalue weighted by atomic mass is 16.5. The largest absolute Gasteiger partial charge is 0.375 e. The van der Waals surface area contributed by atoms with Gasteiger partial charge < -0.3 is 10.1 Å². The third-order valence-corrected chi connectivity index (χ3v) is 5.42. The summed E-state index contributed by atoms with van der Waals surface area (Å²) >= 11 is 0. The average Bonchev–Trinajstić information content (AvgIpc) is 2.97. The minimum absolute atomic E-state index is 0.0294. The number of fused-ring (bicyclic) bond motifs is 3. The van der Waals surface area contributed by atoms with E-state index in [1.807, 2.05) is 42.6 Å². The van der Waals surface area contributed by atoms with Gasteiger partial charge in [0.2, 0.25) is 5.91 Å². The van der Waals surface area contributed by atoms with E-state index in [2.05, 4.69) is 24.3 Å². The van der Waals surface area contributed by atoms with Gasteiger partial charge in [-0.15, -0.1) is 0 Å². The fourth-order valence-electron chi connectivity index (χ4n) is 4.03. The van der Waals surface area contributed by atoms with Crippen LogP contribution in [0.1, 0.15) is 43.6 Å². The highest BCUT2D eigenvalue weighted by Gasteiger charge is 2.29. The number of aromatic nitrogens is 3. The first-order chi connectivity index (χ1) is 12.8. The van der Waals surface area contributed by atoms with Gasteiger partial charge in [0.1, 0.15) is 0 Å². The minimum atomic E-state index is -0.183. The molecule has 142 valence electrons. The second kappa shape index (κ2) is 6.60. The van der Waals surface area contributed by atoms with Crippen LogP contribution in [0.4, 0.5) is 0 Å². The lowest BCUT2D eigenvalue weighted by molar-refractivity contribution is -0.123. The van der Waals surface area contributed by atoms with Crippen LogP contribution in [0.5, 0.6) is 0 Å². The number of hydrogen-bond acceptors (Lipinski definition) is 4. The number of hydrogen-bond donors (Lipinski definition) is 1. The third-order valence-electron chi connectivity index (χ3n) is 5.42. The molecule has 1 aromatic carbocycles. The van der Waals surface area contributed by atoms with Crippen LogP contribution in [-0.2, 0) is 16.0 Å². The van der Waals surface area contributed by atoms with Crippen molar-refractivity contribution in [3.63, 3.8) is 0 Å². The summed E-state index contributed by atoms with van der Waals surface area (Å²) < 4.78 is 7.60. The van der Waals surface area contributed by atoms with Crippen molar-refractivity contribution in [1.29, 1.82) is 0 Å². The van der Waals surface area contributed by atoms with E-state index < -0.39 is 0 Å². The Kier molecular flexibility index (Phi) is 4.38. The Morgan fingerprint density at radius 3 is 2.89 bits per heavy atom. The Balaban J connectivity index is 1.60. The Morgan fingerprint density at radius 1 is 1.33 bits per heavy atom. The fourth-order valence-corrected chi connectivity index (χ4v) is 4.03. The van der Waals surface area contributed by atoms with E-state index in [-0.39, 0.29) is 17.6 Å². The number of carbonyl (C=O) groups is 1. The van der Waals surface area contributed by atoms with Gasteiger partial charge in [0, 0.05) is 35.0 Å². The van der Waals surface area contributed by atoms with Crippen molar-refractivity contribution in [3.05, 3.63) is 41.2 Å². The van der Waals surface area contributed by atoms with E-state index in [0.29, 0.717) is 13.0 Å². The molecule has 1 fully saturated rings. The summed E-state index contributed by atoms with van der Waals surface area (Å²) in [6.45, 7) is 8.80. The van der Waals surface area contributed by atoms with Gasteiger partial charge in [-0.25, -0.2) is 9.50 Å². The van der Waals surface area contributed by atoms with Gasteiger partial charge in [0.25, 0.3) is 0 Å². The topological polar surface area (TPSA) is 68.5 Å². The first-order valence-electron chi connectivity index (χ1n) is 9.51. The fraction of sp³-hybridized carbons (Fsp3) is 0.476. The van der Waals surface area contributed by atoms with Crippen LogP contribution in [0.2, 0.25) is 0 Å². The average molecular weight is 366 g/mol. The quantitative estimate of drug-likeness (QED) is 0.773. The molecule has 1 atom stereocenters. The standard InChI is InChI=1S/C21H26N4O2/c1-13-17(11-19(26)23-15-9-10-27-21(3,4)12-15)14(2)25-20(22-13)16-7-5-6-8-18(16)24-25/h5-8,15H,9-12H2,1-4H3,(H,23,26). The van der Waals surface area contributed by atoms with Crippen molar-refractivity contribution in [2.45, 2.75) is 58.6 Å². The predicted molar refractivity (Wildman–Crippen MR) is 105 cm³/mol. The summed E-state index contributed by atoms with van der Waals surface area (Å²) in [5.41, 5.74) is 4.37. The molecule has 1 saturated heterocycles. The molecule has 1 N–H and O–H groups in total. The van der Waals surface area contributed by atoms with Gasteiger partial charge >= 0.3 is 0 Å². The second-order valence-electron chi connectivity index (χ2n) is 8.06. The molecule has 2 aromatic heterocycles. The zero-order valence-corrected chi connectivity index (χ0v) is 16.4. The highest BCUT2D eigenvalue weighted by molar-refractivity contribution is 5.92. The van der Waals surface area contributed by atoms with E-state index >= 15 is 0 Å². The molecule has 6 heteroatoms. The predicted octanol–water partition coefficient (Wildman–Crippen LogP) is 3.12. The van der Waals surface area contributed by atoms with Crippen LogP contribution in [0, 0.1) is 13.8 Å². The van der Waals surface area contributed by atoms with Crippen molar-refractivity contribution in [2.75, 3.05) is 6.61 Å². The molecule has 0 spiro atoms. The highest BCUT2D eigenvalue weighted by Crippen LogP contribution is 2.25. The molecule has 0 bridgehead atoms. The number of carbonyl (C=O) groups excluding carboxylic acids is 1. The lowest BCUT2D eigenvalue weighted by Crippen LogP contribution is -2.46. The summed E-state index contributed by atoms with van der Waals surface area (Å²) in [6.07, 6.45) is 2.00. The lowest BCUT2D eigenvalue weighted by atomic mass is 9.93. The smallest absolute Gasteiger partial charge is 0.224 e. The van der Waals surface area contributed by atoms with Crippen LogP contribution < -0.4 is 5.32 Å². The molecule has 4 rings (SSSR count). The Bertz CT molecular complexity index is 1020. The van der Waals surface area contributed by atoms with E-state index in [1.165, 1.54) is 0 Å². The maximum Gasteiger partial charge on any atom is 0.224 e. The summed E-state index contributed by atoms with van der Waals surface area (Å²) in [7, 11) is 0. The van der Waals surface area contributed by atoms with Crippen molar-refractivity contribution >= 4 is 22.5 Å². The molecule has 6 nitrogen and oxygen atoms in total. The van der Waals surface area contributed by atoms with Crippen LogP contribution in [0.25, 0.3) is 16.6 Å². The molecule has 0 aliphatic carbocycles. The first-order valence-corrected chi connectivity index (χ1v) is 9.51. The Labute approximate surface area is 158 Å². The molecule has 0 radical (unpaired) electrons. The Morgan fingerprint density at radius 2 is 2.11 bits per heavy atom. The summed E-state index contributed by atoms with van der Waals surface area (Å²) in [5.74, 6) is 0.0294. The van der Waals surface area contributed by atoms with Gasteiger partial charge in [-0.1, -0.05) is 12.1 Å². The van der Waals surface area contributed by atoms with Gasteiger partial charge in [-0.05, 0) is 52.7 Å². The molecule has 1 amide bonds. The molecule has 0 saturated carbocycles. The molecular weight excluding hydrogens is 340 g/mol. The third kappa shape index (κ3) is 3.41. The zero-order chi connectivity index (χ0) is 19.2. The van der Waals surface area contributed by atoms with Gasteiger partial charge in [-0.3, -0.25) is 4.79 Å². The SMILES string of the molecule is Cc1nc2c3ccccc3nn2c(C)c1CC(=O)NC1CCOC(C)(C)C1. The monoisotopic (exact) mass is 366 g/mol. The second-order valence-corrected chi connectivity index (χ2v) is 8.06. The van der Waals surface area contributed by atoms with Crippen LogP contribution in [-0.4, -0.2) is 38.8 Å². The van der Waals surface area contributed by atoms with Crippen molar-refractivity contribution in [1.82, 2.24) is 19.9 Å². The maximum atomic E-state index is 12.7. The Hall–Kier alpha value is -2.47. The first kappa shape index (κ1) is 17.9. The number of ether oxygens (including phenoxy) is 1. The van der Waals surface area contributed by atoms with Gasteiger partial charge in [0.05, 0.1) is 17.5 Å². The van der Waals surface area contributed by atoms with Crippen molar-refractivity contribution in [3.8, 4) is 0 Å². The molecule has 1 aliphatic heterocycles. The molecule has 27 heavy (non-hydrogen) atoms. The molecule has 3 heterocycles. The number of rotatable bonds is 3. The van der Waals surface area contributed by atoms with E-state index in [1.54, 1.807) is 0 Å². The zero-order valence-electron chi connectivity index (χ0n) is 16.4. The molecule has 1 unspecified atom stereocenters. The molecule has 1 aliphatic rings. The summed E-state index contributed by atoms with van der Waals surface area (Å²) in [4.78, 5) is 17.4. The van der Waals surface area contributed by atoms with E-state index in [0.717, 1.165) is 46.3 Å². The lowest BCUT2D eigenvalue weighted by Gasteiger charge is -2.35. The van der Waals surface area contributed by atoms with Crippen LogP contribution >= 0.6 is 0 Å². The molecule has 3 aromatic rings. The van der Waals surface area contributed by atoms with Crippen molar-refractivity contribution in [2.24, 2.45) is 0 Å². The van der Waals surface area contributed by atoms with E-state index in [9.17, 15) is 4.79 Å². The number of nitrogens with one attached hydrogen (secondary N) is 1. The van der Waals surface area contributed by atoms with Crippen LogP contribution in [0.15, 0.2) is 24.3 Å². The maximum absolute atomic E-state index is 12.7.